The fourth-order valence-electron chi connectivity index (χ4n) is 1.85. The molecule has 1 unspecified atom stereocenters. The highest BCUT2D eigenvalue weighted by Crippen LogP contribution is 2.16. The molecular weight excluding hydrogens is 186 g/mol. The Hall–Kier alpha value is -1.57. The molecule has 0 radical (unpaired) electrons. The Morgan fingerprint density at radius 1 is 1.20 bits per heavy atom. The van der Waals surface area contributed by atoms with Gasteiger partial charge < -0.3 is 4.57 Å². The van der Waals surface area contributed by atoms with Crippen LogP contribution in [-0.4, -0.2) is 4.57 Å². The number of pyridine rings is 1. The third-order valence-corrected chi connectivity index (χ3v) is 2.87. The van der Waals surface area contributed by atoms with Gasteiger partial charge in [-0.2, -0.15) is 0 Å². The molecule has 15 heavy (non-hydrogen) atoms. The van der Waals surface area contributed by atoms with Crippen LogP contribution in [0.3, 0.4) is 0 Å². The molecule has 1 heterocycles. The van der Waals surface area contributed by atoms with Crippen molar-refractivity contribution in [3.8, 4) is 0 Å². The zero-order chi connectivity index (χ0) is 10.8. The van der Waals surface area contributed by atoms with Crippen molar-refractivity contribution in [2.45, 2.75) is 26.3 Å². The topological polar surface area (TPSA) is 22.0 Å². The fraction of sp³-hybridized carbons (Fsp3) is 0.308. The molecule has 0 saturated heterocycles. The number of hydrogen-bond donors (Lipinski definition) is 0. The number of benzene rings is 1. The van der Waals surface area contributed by atoms with E-state index in [1.807, 2.05) is 34.9 Å². The molecule has 2 aromatic rings. The normalized spacial score (nSPS) is 12.9. The lowest BCUT2D eigenvalue weighted by Gasteiger charge is -2.15. The third-order valence-electron chi connectivity index (χ3n) is 2.87. The average molecular weight is 201 g/mol. The molecule has 0 N–H and O–H groups in total. The number of fused-ring (bicyclic) bond motifs is 1. The Labute approximate surface area is 89.2 Å². The summed E-state index contributed by atoms with van der Waals surface area (Å²) in [6.07, 6.45) is 0.966. The van der Waals surface area contributed by atoms with Gasteiger partial charge >= 0.3 is 0 Å². The second-order valence-electron chi connectivity index (χ2n) is 3.86. The smallest absolute Gasteiger partial charge is 0.251 e. The van der Waals surface area contributed by atoms with E-state index in [-0.39, 0.29) is 11.6 Å². The van der Waals surface area contributed by atoms with Crippen molar-refractivity contribution < 1.29 is 0 Å². The Morgan fingerprint density at radius 2 is 1.93 bits per heavy atom. The second kappa shape index (κ2) is 3.89. The summed E-state index contributed by atoms with van der Waals surface area (Å²) in [5.41, 5.74) is 1.11. The summed E-state index contributed by atoms with van der Waals surface area (Å²) in [6.45, 7) is 4.17. The summed E-state index contributed by atoms with van der Waals surface area (Å²) >= 11 is 0. The van der Waals surface area contributed by atoms with E-state index in [1.54, 1.807) is 6.07 Å². The highest BCUT2D eigenvalue weighted by atomic mass is 16.1. The molecule has 0 bridgehead atoms. The van der Waals surface area contributed by atoms with Crippen molar-refractivity contribution >= 4 is 10.9 Å². The summed E-state index contributed by atoms with van der Waals surface area (Å²) in [4.78, 5) is 11.8. The van der Waals surface area contributed by atoms with Crippen molar-refractivity contribution in [1.82, 2.24) is 4.57 Å². The van der Waals surface area contributed by atoms with E-state index in [9.17, 15) is 4.79 Å². The van der Waals surface area contributed by atoms with Gasteiger partial charge in [-0.25, -0.2) is 0 Å². The van der Waals surface area contributed by atoms with Gasteiger partial charge in [0.05, 0.1) is 5.52 Å². The van der Waals surface area contributed by atoms with Gasteiger partial charge in [0, 0.05) is 12.1 Å². The van der Waals surface area contributed by atoms with Gasteiger partial charge in [0.25, 0.3) is 5.56 Å². The van der Waals surface area contributed by atoms with Crippen LogP contribution >= 0.6 is 0 Å². The van der Waals surface area contributed by atoms with E-state index in [1.165, 1.54) is 0 Å². The van der Waals surface area contributed by atoms with Gasteiger partial charge in [0.1, 0.15) is 0 Å². The number of para-hydroxylation sites is 1. The van der Waals surface area contributed by atoms with Crippen LogP contribution in [0.2, 0.25) is 0 Å². The van der Waals surface area contributed by atoms with Gasteiger partial charge in [-0.15, -0.1) is 0 Å². The zero-order valence-electron chi connectivity index (χ0n) is 9.10. The van der Waals surface area contributed by atoms with Gasteiger partial charge in [-0.3, -0.25) is 4.79 Å². The third kappa shape index (κ3) is 1.67. The lowest BCUT2D eigenvalue weighted by molar-refractivity contribution is 0.531. The van der Waals surface area contributed by atoms with Crippen LogP contribution in [0.25, 0.3) is 10.9 Å². The minimum Gasteiger partial charge on any atom is -0.306 e. The minimum atomic E-state index is 0.0862. The predicted molar refractivity (Wildman–Crippen MR) is 63.2 cm³/mol. The van der Waals surface area contributed by atoms with E-state index < -0.39 is 0 Å². The monoisotopic (exact) mass is 201 g/mol. The average Bonchev–Trinajstić information content (AvgIpc) is 2.28. The number of aromatic nitrogens is 1. The van der Waals surface area contributed by atoms with Crippen LogP contribution in [0, 0.1) is 0 Å². The van der Waals surface area contributed by atoms with Crippen LogP contribution in [0.5, 0.6) is 0 Å². The molecule has 0 aliphatic rings. The van der Waals surface area contributed by atoms with Crippen molar-refractivity contribution in [3.63, 3.8) is 0 Å². The molecule has 0 spiro atoms. The Bertz CT molecular complexity index is 527. The highest BCUT2D eigenvalue weighted by Gasteiger charge is 2.07. The van der Waals surface area contributed by atoms with Crippen LogP contribution in [0.15, 0.2) is 41.2 Å². The zero-order valence-corrected chi connectivity index (χ0v) is 9.10. The highest BCUT2D eigenvalue weighted by molar-refractivity contribution is 5.78. The molecule has 0 aliphatic heterocycles. The molecule has 1 atom stereocenters. The molecule has 2 nitrogen and oxygen atoms in total. The largest absolute Gasteiger partial charge is 0.306 e. The number of rotatable bonds is 2. The quantitative estimate of drug-likeness (QED) is 0.732. The summed E-state index contributed by atoms with van der Waals surface area (Å²) < 4.78 is 1.87. The summed E-state index contributed by atoms with van der Waals surface area (Å²) in [7, 11) is 0. The second-order valence-corrected chi connectivity index (χ2v) is 3.86. The van der Waals surface area contributed by atoms with E-state index in [4.69, 9.17) is 0 Å². The summed E-state index contributed by atoms with van der Waals surface area (Å²) in [6, 6.07) is 11.8. The molecule has 0 fully saturated rings. The Balaban J connectivity index is 2.80. The maximum absolute atomic E-state index is 11.8. The SMILES string of the molecule is CCC(C)n1c(=O)ccc2ccccc21. The summed E-state index contributed by atoms with van der Waals surface area (Å²) in [5.74, 6) is 0. The first-order chi connectivity index (χ1) is 7.24. The first-order valence-corrected chi connectivity index (χ1v) is 5.34. The molecule has 2 heteroatoms. The fourth-order valence-corrected chi connectivity index (χ4v) is 1.85. The molecule has 2 rings (SSSR count). The molecule has 0 saturated carbocycles. The van der Waals surface area contributed by atoms with Gasteiger partial charge in [-0.1, -0.05) is 25.1 Å². The van der Waals surface area contributed by atoms with E-state index in [0.29, 0.717) is 0 Å². The van der Waals surface area contributed by atoms with Crippen LogP contribution in [0.1, 0.15) is 26.3 Å². The lowest BCUT2D eigenvalue weighted by Crippen LogP contribution is -2.22. The first kappa shape index (κ1) is 9.97. The molecule has 1 aromatic carbocycles. The predicted octanol–water partition coefficient (Wildman–Crippen LogP) is 2.97. The maximum atomic E-state index is 11.8. The van der Waals surface area contributed by atoms with Crippen LogP contribution in [0.4, 0.5) is 0 Å². The molecule has 0 aliphatic carbocycles. The first-order valence-electron chi connectivity index (χ1n) is 5.34. The lowest BCUT2D eigenvalue weighted by atomic mass is 10.1. The number of nitrogens with zero attached hydrogens (tertiary/aromatic N) is 1. The van der Waals surface area contributed by atoms with Crippen molar-refractivity contribution in [1.29, 1.82) is 0 Å². The maximum Gasteiger partial charge on any atom is 0.251 e. The van der Waals surface area contributed by atoms with Crippen LogP contribution in [-0.2, 0) is 0 Å². The van der Waals surface area contributed by atoms with Crippen LogP contribution < -0.4 is 5.56 Å². The van der Waals surface area contributed by atoms with Crippen molar-refractivity contribution in [3.05, 3.63) is 46.8 Å². The standard InChI is InChI=1S/C13H15NO/c1-3-10(2)14-12-7-5-4-6-11(12)8-9-13(14)15/h4-10H,3H2,1-2H3. The minimum absolute atomic E-state index is 0.0862. The van der Waals surface area contributed by atoms with Gasteiger partial charge in [0.15, 0.2) is 0 Å². The van der Waals surface area contributed by atoms with Gasteiger partial charge in [0.2, 0.25) is 0 Å². The molecule has 0 amide bonds. The Kier molecular flexibility index (Phi) is 2.58. The van der Waals surface area contributed by atoms with E-state index >= 15 is 0 Å². The van der Waals surface area contributed by atoms with Crippen molar-refractivity contribution in [2.24, 2.45) is 0 Å². The molecule has 1 aromatic heterocycles. The Morgan fingerprint density at radius 3 is 2.67 bits per heavy atom. The number of hydrogen-bond acceptors (Lipinski definition) is 1. The van der Waals surface area contributed by atoms with E-state index in [0.717, 1.165) is 17.3 Å². The van der Waals surface area contributed by atoms with Crippen molar-refractivity contribution in [2.75, 3.05) is 0 Å². The summed E-state index contributed by atoms with van der Waals surface area (Å²) in [5, 5.41) is 1.12. The van der Waals surface area contributed by atoms with Gasteiger partial charge in [-0.05, 0) is 30.9 Å². The molecular formula is C13H15NO. The van der Waals surface area contributed by atoms with E-state index in [2.05, 4.69) is 13.8 Å². The molecule has 78 valence electrons.